The monoisotopic (exact) mass is 224 g/mol. The number of hydrogen-bond donors (Lipinski definition) is 0. The van der Waals surface area contributed by atoms with Crippen LogP contribution in [-0.2, 0) is 0 Å². The highest BCUT2D eigenvalue weighted by Gasteiger charge is 2.22. The Kier molecular flexibility index (Phi) is 3.42. The van der Waals surface area contributed by atoms with E-state index in [4.69, 9.17) is 0 Å². The first-order valence-corrected chi connectivity index (χ1v) is 4.94. The molecule has 0 saturated heterocycles. The normalized spacial score (nSPS) is 10.7. The molecule has 0 spiro atoms. The summed E-state index contributed by atoms with van der Waals surface area (Å²) in [5.74, 6) is -4.92. The van der Waals surface area contributed by atoms with Crippen LogP contribution in [0.4, 0.5) is 17.6 Å². The highest BCUT2D eigenvalue weighted by molar-refractivity contribution is 7.99. The second-order valence-corrected chi connectivity index (χ2v) is 3.92. The van der Waals surface area contributed by atoms with Crippen molar-refractivity contribution in [1.29, 1.82) is 0 Å². The van der Waals surface area contributed by atoms with Crippen molar-refractivity contribution in [2.75, 3.05) is 5.75 Å². The van der Waals surface area contributed by atoms with Crippen LogP contribution in [0.5, 0.6) is 0 Å². The first-order valence-electron chi connectivity index (χ1n) is 3.96. The Labute approximate surface area is 83.3 Å². The zero-order chi connectivity index (χ0) is 10.9. The number of rotatable bonds is 2. The van der Waals surface area contributed by atoms with E-state index < -0.39 is 33.7 Å². The van der Waals surface area contributed by atoms with Gasteiger partial charge in [-0.15, -0.1) is 11.8 Å². The van der Waals surface area contributed by atoms with E-state index >= 15 is 0 Å². The quantitative estimate of drug-likeness (QED) is 0.419. The predicted octanol–water partition coefficient (Wildman–Crippen LogP) is 3.66. The fourth-order valence-corrected chi connectivity index (χ4v) is 1.71. The summed E-state index contributed by atoms with van der Waals surface area (Å²) >= 11 is 0.736. The van der Waals surface area contributed by atoms with E-state index in [0.717, 1.165) is 18.7 Å². The van der Waals surface area contributed by atoms with Crippen LogP contribution < -0.4 is 0 Å². The molecule has 0 N–H and O–H groups in total. The summed E-state index contributed by atoms with van der Waals surface area (Å²) < 4.78 is 52.1. The van der Waals surface area contributed by atoms with Crippen molar-refractivity contribution in [3.05, 3.63) is 28.8 Å². The van der Waals surface area contributed by atoms with Crippen molar-refractivity contribution in [2.45, 2.75) is 18.7 Å². The molecule has 0 aliphatic carbocycles. The minimum atomic E-state index is -1.32. The average Bonchev–Trinajstić information content (AvgIpc) is 2.19. The van der Waals surface area contributed by atoms with Gasteiger partial charge in [-0.25, -0.2) is 17.6 Å². The van der Waals surface area contributed by atoms with Gasteiger partial charge in [-0.2, -0.15) is 0 Å². The first-order chi connectivity index (χ1) is 6.50. The summed E-state index contributed by atoms with van der Waals surface area (Å²) in [4.78, 5) is -0.590. The zero-order valence-corrected chi connectivity index (χ0v) is 8.44. The Hall–Kier alpha value is -0.710. The lowest BCUT2D eigenvalue weighted by Gasteiger charge is -2.07. The molecule has 0 heterocycles. The molecular formula is C9H8F4S. The van der Waals surface area contributed by atoms with Crippen molar-refractivity contribution in [2.24, 2.45) is 0 Å². The van der Waals surface area contributed by atoms with Crippen molar-refractivity contribution >= 4 is 11.8 Å². The van der Waals surface area contributed by atoms with Gasteiger partial charge < -0.3 is 0 Å². The lowest BCUT2D eigenvalue weighted by atomic mass is 10.2. The minimum absolute atomic E-state index is 0.343. The second-order valence-electron chi connectivity index (χ2n) is 2.64. The van der Waals surface area contributed by atoms with E-state index in [9.17, 15) is 17.6 Å². The topological polar surface area (TPSA) is 0 Å². The zero-order valence-electron chi connectivity index (χ0n) is 7.63. The van der Waals surface area contributed by atoms with Gasteiger partial charge in [0.15, 0.2) is 23.3 Å². The standard InChI is InChI=1S/C9H8F4S/c1-3-14-9-7(12)5(10)4(2)6(11)8(9)13/h3H2,1-2H3. The Morgan fingerprint density at radius 3 is 1.71 bits per heavy atom. The first kappa shape index (κ1) is 11.4. The molecule has 0 fully saturated rings. The molecule has 0 aromatic heterocycles. The molecule has 0 unspecified atom stereocenters. The van der Waals surface area contributed by atoms with Gasteiger partial charge >= 0.3 is 0 Å². The van der Waals surface area contributed by atoms with Gasteiger partial charge in [0.25, 0.3) is 0 Å². The molecule has 0 radical (unpaired) electrons. The van der Waals surface area contributed by atoms with E-state index in [2.05, 4.69) is 0 Å². The molecule has 1 rings (SSSR count). The Bertz CT molecular complexity index is 333. The predicted molar refractivity (Wildman–Crippen MR) is 47.4 cm³/mol. The highest BCUT2D eigenvalue weighted by atomic mass is 32.2. The van der Waals surface area contributed by atoms with Gasteiger partial charge in [-0.3, -0.25) is 0 Å². The van der Waals surface area contributed by atoms with Crippen LogP contribution in [0.3, 0.4) is 0 Å². The van der Waals surface area contributed by atoms with E-state index in [1.165, 1.54) is 0 Å². The van der Waals surface area contributed by atoms with E-state index in [-0.39, 0.29) is 0 Å². The largest absolute Gasteiger partial charge is 0.203 e. The van der Waals surface area contributed by atoms with Crippen molar-refractivity contribution in [3.63, 3.8) is 0 Å². The highest BCUT2D eigenvalue weighted by Crippen LogP contribution is 2.30. The lowest BCUT2D eigenvalue weighted by Crippen LogP contribution is -2.02. The van der Waals surface area contributed by atoms with Gasteiger partial charge in [0.05, 0.1) is 4.90 Å². The summed E-state index contributed by atoms with van der Waals surface area (Å²) in [5, 5.41) is 0. The maximum absolute atomic E-state index is 13.1. The van der Waals surface area contributed by atoms with E-state index in [1.54, 1.807) is 6.92 Å². The third-order valence-corrected chi connectivity index (χ3v) is 2.67. The minimum Gasteiger partial charge on any atom is -0.203 e. The molecule has 0 aliphatic rings. The number of benzene rings is 1. The fourth-order valence-electron chi connectivity index (χ4n) is 0.992. The van der Waals surface area contributed by atoms with Gasteiger partial charge in [-0.1, -0.05) is 6.92 Å². The summed E-state index contributed by atoms with van der Waals surface area (Å²) in [7, 11) is 0. The maximum atomic E-state index is 13.1. The van der Waals surface area contributed by atoms with Crippen LogP contribution in [0.1, 0.15) is 12.5 Å². The molecular weight excluding hydrogens is 216 g/mol. The fraction of sp³-hybridized carbons (Fsp3) is 0.333. The summed E-state index contributed by atoms with van der Waals surface area (Å²) in [6.45, 7) is 2.64. The van der Waals surface area contributed by atoms with Gasteiger partial charge in [0.1, 0.15) is 0 Å². The molecule has 1 aromatic rings. The smallest absolute Gasteiger partial charge is 0.175 e. The van der Waals surface area contributed by atoms with Crippen LogP contribution >= 0.6 is 11.8 Å². The maximum Gasteiger partial charge on any atom is 0.175 e. The van der Waals surface area contributed by atoms with Crippen LogP contribution in [0, 0.1) is 30.2 Å². The molecule has 0 atom stereocenters. The summed E-state index contributed by atoms with van der Waals surface area (Å²) in [6.07, 6.45) is 0. The van der Waals surface area contributed by atoms with Crippen LogP contribution in [-0.4, -0.2) is 5.75 Å². The molecule has 0 amide bonds. The van der Waals surface area contributed by atoms with Gasteiger partial charge in [0.2, 0.25) is 0 Å². The van der Waals surface area contributed by atoms with Crippen molar-refractivity contribution < 1.29 is 17.6 Å². The Morgan fingerprint density at radius 2 is 1.36 bits per heavy atom. The van der Waals surface area contributed by atoms with Crippen LogP contribution in [0.15, 0.2) is 4.90 Å². The SMILES string of the molecule is CCSc1c(F)c(F)c(C)c(F)c1F. The number of hydrogen-bond acceptors (Lipinski definition) is 1. The Balaban J connectivity index is 3.43. The molecule has 1 aromatic carbocycles. The molecule has 78 valence electrons. The molecule has 5 heteroatoms. The molecule has 0 bridgehead atoms. The van der Waals surface area contributed by atoms with Gasteiger partial charge in [-0.05, 0) is 12.7 Å². The third kappa shape index (κ3) is 1.73. The van der Waals surface area contributed by atoms with Crippen LogP contribution in [0.25, 0.3) is 0 Å². The lowest BCUT2D eigenvalue weighted by molar-refractivity contribution is 0.418. The molecule has 0 saturated carbocycles. The number of halogens is 4. The Morgan fingerprint density at radius 1 is 0.929 bits per heavy atom. The summed E-state index contributed by atoms with van der Waals surface area (Å²) in [5.41, 5.74) is -0.625. The van der Waals surface area contributed by atoms with Gasteiger partial charge in [0, 0.05) is 5.56 Å². The average molecular weight is 224 g/mol. The van der Waals surface area contributed by atoms with E-state index in [1.807, 2.05) is 0 Å². The second kappa shape index (κ2) is 4.21. The molecule has 14 heavy (non-hydrogen) atoms. The molecule has 0 nitrogen and oxygen atoms in total. The van der Waals surface area contributed by atoms with Crippen molar-refractivity contribution in [1.82, 2.24) is 0 Å². The van der Waals surface area contributed by atoms with Crippen LogP contribution in [0.2, 0.25) is 0 Å². The van der Waals surface area contributed by atoms with Crippen molar-refractivity contribution in [3.8, 4) is 0 Å². The number of thioether (sulfide) groups is 1. The summed E-state index contributed by atoms with van der Waals surface area (Å²) in [6, 6.07) is 0. The molecule has 0 aliphatic heterocycles. The third-order valence-electron chi connectivity index (χ3n) is 1.73. The van der Waals surface area contributed by atoms with E-state index in [0.29, 0.717) is 5.75 Å².